The molecule has 1 spiro atoms. The van der Waals surface area contributed by atoms with Gasteiger partial charge in [-0.05, 0) is 35.7 Å². The number of hydrogen-bond acceptors (Lipinski definition) is 9. The number of aliphatic hydroxyl groups excluding tert-OH is 1. The van der Waals surface area contributed by atoms with Crippen LogP contribution >= 0.6 is 11.6 Å². The molecule has 4 aromatic rings. The van der Waals surface area contributed by atoms with Crippen molar-refractivity contribution in [3.05, 3.63) is 87.8 Å². The van der Waals surface area contributed by atoms with Gasteiger partial charge < -0.3 is 39.5 Å². The highest BCUT2D eigenvalue weighted by Crippen LogP contribution is 2.56. The fraction of sp³-hybridized carbons (Fsp3) is 0.306. The van der Waals surface area contributed by atoms with E-state index in [1.165, 1.54) is 45.6 Å². The van der Waals surface area contributed by atoms with Crippen LogP contribution in [0.5, 0.6) is 28.7 Å². The minimum absolute atomic E-state index is 0.00590. The molecular weight excluding hydrogens is 640 g/mol. The van der Waals surface area contributed by atoms with E-state index in [4.69, 9.17) is 30.5 Å². The van der Waals surface area contributed by atoms with Crippen molar-refractivity contribution in [1.29, 1.82) is 0 Å². The quantitative estimate of drug-likeness (QED) is 0.163. The first-order chi connectivity index (χ1) is 23.0. The molecule has 3 atom stereocenters. The lowest BCUT2D eigenvalue weighted by Crippen LogP contribution is -2.53. The van der Waals surface area contributed by atoms with E-state index in [9.17, 15) is 24.6 Å². The molecule has 48 heavy (non-hydrogen) atoms. The number of hydrogen-bond donors (Lipinski definition) is 4. The Morgan fingerprint density at radius 2 is 1.79 bits per heavy atom. The molecule has 6 rings (SSSR count). The van der Waals surface area contributed by atoms with Crippen LogP contribution in [0.3, 0.4) is 0 Å². The van der Waals surface area contributed by atoms with Gasteiger partial charge in [-0.15, -0.1) is 0 Å². The maximum Gasteiger partial charge on any atom is 0.231 e. The first-order valence-corrected chi connectivity index (χ1v) is 15.8. The summed E-state index contributed by atoms with van der Waals surface area (Å²) in [6, 6.07) is 13.7. The van der Waals surface area contributed by atoms with Gasteiger partial charge in [-0.3, -0.25) is 14.4 Å². The zero-order valence-corrected chi connectivity index (χ0v) is 27.6. The Kier molecular flexibility index (Phi) is 8.74. The number of aromatic amines is 1. The number of Topliss-reactive ketones (excluding diaryl/α,β-unsaturated/α-hetero) is 2. The number of amides is 1. The number of aromatic nitrogens is 1. The van der Waals surface area contributed by atoms with Crippen LogP contribution in [0, 0.1) is 5.92 Å². The van der Waals surface area contributed by atoms with Crippen LogP contribution in [-0.4, -0.2) is 66.1 Å². The molecule has 0 saturated carbocycles. The molecule has 4 N–H and O–H groups in total. The smallest absolute Gasteiger partial charge is 0.231 e. The van der Waals surface area contributed by atoms with Crippen LogP contribution in [0.4, 0.5) is 0 Å². The van der Waals surface area contributed by atoms with Crippen LogP contribution < -0.4 is 24.3 Å². The zero-order chi connectivity index (χ0) is 34.3. The number of rotatable bonds is 10. The van der Waals surface area contributed by atoms with E-state index in [1.54, 1.807) is 6.92 Å². The molecule has 11 nitrogen and oxygen atoms in total. The van der Waals surface area contributed by atoms with Gasteiger partial charge in [-0.25, -0.2) is 0 Å². The number of aromatic hydroxyl groups is 1. The number of methoxy groups -OCH3 is 3. The Labute approximate surface area is 281 Å². The number of para-hydroxylation sites is 1. The third kappa shape index (κ3) is 5.28. The minimum atomic E-state index is -2.03. The maximum absolute atomic E-state index is 14.3. The first kappa shape index (κ1) is 32.8. The van der Waals surface area contributed by atoms with E-state index in [-0.39, 0.29) is 57.7 Å². The van der Waals surface area contributed by atoms with E-state index in [2.05, 4.69) is 10.3 Å². The van der Waals surface area contributed by atoms with Gasteiger partial charge >= 0.3 is 0 Å². The van der Waals surface area contributed by atoms with Crippen LogP contribution in [0.2, 0.25) is 5.02 Å². The number of nitrogens with one attached hydrogen (secondary N) is 2. The number of carbonyl (C=O) groups excluding carboxylic acids is 3. The standard InChI is InChI=1S/C36H35ClN2O9/c1-18-13-25(41)30(34(43)36(18)35(44)31-27(46-3)16-28(47-4)32(37)33(31)48-36)22(19-9-10-24(40)26(14-19)45-2)15-29(42)38-12-11-20-17-39-23-8-6-5-7-21(20)23/h5-10,14,16-18,22,39-40,43H,11-13,15H2,1-4H3,(H,38,42)/t18-,22?,36+/m1/s1. The van der Waals surface area contributed by atoms with E-state index in [0.717, 1.165) is 16.5 Å². The SMILES string of the molecule is COc1cc(C(CC(=O)NCCc2c[nH]c3ccccc23)C2=C(O)[C@@]3(Oc4c(Cl)c(OC)cc(OC)c4C3=O)[C@H](C)CC2=O)ccc1O. The molecule has 1 aliphatic heterocycles. The van der Waals surface area contributed by atoms with E-state index in [0.29, 0.717) is 18.5 Å². The fourth-order valence-corrected chi connectivity index (χ4v) is 7.03. The van der Waals surface area contributed by atoms with Gasteiger partial charge in [0.25, 0.3) is 0 Å². The zero-order valence-electron chi connectivity index (χ0n) is 26.8. The highest BCUT2D eigenvalue weighted by atomic mass is 35.5. The summed E-state index contributed by atoms with van der Waals surface area (Å²) in [6.45, 7) is 1.94. The molecule has 0 fully saturated rings. The highest BCUT2D eigenvalue weighted by Gasteiger charge is 2.61. The summed E-state index contributed by atoms with van der Waals surface area (Å²) in [5, 5.41) is 26.4. The van der Waals surface area contributed by atoms with Crippen LogP contribution in [0.1, 0.15) is 47.2 Å². The van der Waals surface area contributed by atoms with Crippen LogP contribution in [-0.2, 0) is 16.0 Å². The van der Waals surface area contributed by atoms with Crippen LogP contribution in [0.25, 0.3) is 10.9 Å². The molecular formula is C36H35ClN2O9. The van der Waals surface area contributed by atoms with Crippen molar-refractivity contribution in [1.82, 2.24) is 10.3 Å². The lowest BCUT2D eigenvalue weighted by atomic mass is 9.69. The third-order valence-electron chi connectivity index (χ3n) is 9.25. The number of benzene rings is 3. The predicted molar refractivity (Wildman–Crippen MR) is 178 cm³/mol. The summed E-state index contributed by atoms with van der Waals surface area (Å²) in [5.74, 6) is -3.75. The fourth-order valence-electron chi connectivity index (χ4n) is 6.77. The van der Waals surface area contributed by atoms with Gasteiger partial charge in [0.2, 0.25) is 17.3 Å². The molecule has 0 radical (unpaired) electrons. The van der Waals surface area contributed by atoms with Crippen molar-refractivity contribution in [3.63, 3.8) is 0 Å². The molecule has 1 amide bonds. The normalized spacial score (nSPS) is 19.3. The molecule has 0 saturated heterocycles. The average Bonchev–Trinajstić information content (AvgIpc) is 3.63. The molecule has 1 aromatic heterocycles. The Bertz CT molecular complexity index is 1980. The average molecular weight is 675 g/mol. The number of halogens is 1. The summed E-state index contributed by atoms with van der Waals surface area (Å²) in [4.78, 5) is 44.9. The van der Waals surface area contributed by atoms with Crippen molar-refractivity contribution >= 4 is 40.0 Å². The molecule has 3 aromatic carbocycles. The third-order valence-corrected chi connectivity index (χ3v) is 9.60. The molecule has 1 unspecified atom stereocenters. The van der Waals surface area contributed by atoms with Crippen molar-refractivity contribution in [2.75, 3.05) is 27.9 Å². The van der Waals surface area contributed by atoms with Gasteiger partial charge in [0.05, 0.1) is 21.3 Å². The van der Waals surface area contributed by atoms with Crippen molar-refractivity contribution in [2.24, 2.45) is 5.92 Å². The minimum Gasteiger partial charge on any atom is -0.507 e. The van der Waals surface area contributed by atoms with Crippen molar-refractivity contribution in [2.45, 2.75) is 37.7 Å². The predicted octanol–water partition coefficient (Wildman–Crippen LogP) is 5.82. The monoisotopic (exact) mass is 674 g/mol. The molecule has 250 valence electrons. The Hall–Kier alpha value is -5.16. The molecule has 2 aliphatic rings. The Balaban J connectivity index is 1.39. The number of phenolic OH excluding ortho intramolecular Hbond substituents is 1. The van der Waals surface area contributed by atoms with Gasteiger partial charge in [0.15, 0.2) is 28.8 Å². The summed E-state index contributed by atoms with van der Waals surface area (Å²) in [6.07, 6.45) is 2.01. The number of H-pyrrole nitrogens is 1. The number of ketones is 2. The number of allylic oxidation sites excluding steroid dienone is 1. The topological polar surface area (TPSA) is 156 Å². The second-order valence-electron chi connectivity index (χ2n) is 11.9. The van der Waals surface area contributed by atoms with Gasteiger partial charge in [0.1, 0.15) is 22.1 Å². The van der Waals surface area contributed by atoms with Crippen molar-refractivity contribution < 1.29 is 43.5 Å². The Morgan fingerprint density at radius 3 is 2.52 bits per heavy atom. The molecule has 2 heterocycles. The first-order valence-electron chi connectivity index (χ1n) is 15.4. The largest absolute Gasteiger partial charge is 0.507 e. The second kappa shape index (κ2) is 12.8. The molecule has 0 bridgehead atoms. The van der Waals surface area contributed by atoms with Gasteiger partial charge in [-0.1, -0.05) is 42.8 Å². The molecule has 12 heteroatoms. The van der Waals surface area contributed by atoms with E-state index >= 15 is 0 Å². The van der Waals surface area contributed by atoms with Crippen molar-refractivity contribution in [3.8, 4) is 28.7 Å². The lowest BCUT2D eigenvalue weighted by Gasteiger charge is -2.38. The number of carbonyl (C=O) groups is 3. The molecule has 1 aliphatic carbocycles. The summed E-state index contributed by atoms with van der Waals surface area (Å²) >= 11 is 6.59. The highest BCUT2D eigenvalue weighted by molar-refractivity contribution is 6.35. The number of phenols is 1. The Morgan fingerprint density at radius 1 is 1.06 bits per heavy atom. The second-order valence-corrected chi connectivity index (χ2v) is 12.3. The van der Waals surface area contributed by atoms with E-state index in [1.807, 2.05) is 30.5 Å². The van der Waals surface area contributed by atoms with Crippen LogP contribution in [0.15, 0.2) is 66.1 Å². The number of fused-ring (bicyclic) bond motifs is 2. The number of ether oxygens (including phenoxy) is 4. The lowest BCUT2D eigenvalue weighted by molar-refractivity contribution is -0.121. The number of aliphatic hydroxyl groups is 1. The summed E-state index contributed by atoms with van der Waals surface area (Å²) < 4.78 is 22.4. The maximum atomic E-state index is 14.3. The van der Waals surface area contributed by atoms with E-state index < -0.39 is 40.7 Å². The summed E-state index contributed by atoms with van der Waals surface area (Å²) in [5.41, 5.74) is 0.247. The van der Waals surface area contributed by atoms with Gasteiger partial charge in [0, 0.05) is 60.0 Å². The summed E-state index contributed by atoms with van der Waals surface area (Å²) in [7, 11) is 4.15. The van der Waals surface area contributed by atoms with Gasteiger partial charge in [-0.2, -0.15) is 0 Å².